The Kier molecular flexibility index (Phi) is 3.71. The van der Waals surface area contributed by atoms with Crippen LogP contribution in [0.3, 0.4) is 0 Å². The largest absolute Gasteiger partial charge is 0.416 e. The number of benzene rings is 1. The molecule has 0 aliphatic rings. The maximum absolute atomic E-state index is 12.3. The molecule has 0 aliphatic heterocycles. The Morgan fingerprint density at radius 3 is 2.70 bits per heavy atom. The van der Waals surface area contributed by atoms with E-state index in [1.165, 1.54) is 0 Å². The number of aliphatic hydroxyl groups is 1. The van der Waals surface area contributed by atoms with Gasteiger partial charge in [-0.2, -0.15) is 13.2 Å². The van der Waals surface area contributed by atoms with E-state index in [4.69, 9.17) is 10.8 Å². The molecule has 7 heteroatoms. The Morgan fingerprint density at radius 2 is 2.05 bits per heavy atom. The van der Waals surface area contributed by atoms with Crippen molar-refractivity contribution in [1.82, 2.24) is 4.98 Å². The lowest BCUT2D eigenvalue weighted by molar-refractivity contribution is -0.198. The number of rotatable bonds is 3. The van der Waals surface area contributed by atoms with Gasteiger partial charge in [0.05, 0.1) is 5.52 Å². The van der Waals surface area contributed by atoms with Gasteiger partial charge < -0.3 is 16.2 Å². The highest BCUT2D eigenvalue weighted by Gasteiger charge is 2.37. The summed E-state index contributed by atoms with van der Waals surface area (Å²) in [6.45, 7) is 1.11. The minimum atomic E-state index is -4.65. The number of fused-ring (bicyclic) bond motifs is 1. The van der Waals surface area contributed by atoms with Gasteiger partial charge >= 0.3 is 6.18 Å². The predicted molar refractivity (Wildman–Crippen MR) is 71.4 cm³/mol. The number of nitrogen functional groups attached to an aromatic ring is 1. The summed E-state index contributed by atoms with van der Waals surface area (Å²) in [4.78, 5) is 4.27. The van der Waals surface area contributed by atoms with Crippen LogP contribution in [0.5, 0.6) is 0 Å². The molecule has 0 aliphatic carbocycles. The van der Waals surface area contributed by atoms with Crippen molar-refractivity contribution in [3.8, 4) is 0 Å². The monoisotopic (exact) mass is 285 g/mol. The molecule has 4 nitrogen and oxygen atoms in total. The molecule has 0 radical (unpaired) electrons. The second-order valence-corrected chi connectivity index (χ2v) is 4.53. The average Bonchev–Trinajstić information content (AvgIpc) is 2.35. The van der Waals surface area contributed by atoms with E-state index in [1.54, 1.807) is 31.2 Å². The van der Waals surface area contributed by atoms with Crippen molar-refractivity contribution in [2.24, 2.45) is 0 Å². The predicted octanol–water partition coefficient (Wildman–Crippen LogP) is 2.46. The van der Waals surface area contributed by atoms with Gasteiger partial charge in [0.25, 0.3) is 0 Å². The first-order valence-electron chi connectivity index (χ1n) is 5.93. The lowest BCUT2D eigenvalue weighted by Crippen LogP contribution is -2.35. The molecule has 1 atom stereocenters. The van der Waals surface area contributed by atoms with Crippen LogP contribution in [0.1, 0.15) is 5.69 Å². The van der Waals surface area contributed by atoms with Gasteiger partial charge in [-0.25, -0.2) is 0 Å². The first kappa shape index (κ1) is 14.4. The number of aliphatic hydroxyl groups excluding tert-OH is 1. The summed E-state index contributed by atoms with van der Waals surface area (Å²) < 4.78 is 36.9. The van der Waals surface area contributed by atoms with Gasteiger partial charge in [-0.15, -0.1) is 0 Å². The average molecular weight is 285 g/mol. The molecular formula is C13H14F3N3O. The molecular weight excluding hydrogens is 271 g/mol. The molecule has 0 fully saturated rings. The molecule has 1 heterocycles. The SMILES string of the molecule is Cc1cc(NCC(O)C(F)(F)F)c2cc(N)ccc2n1. The number of hydrogen-bond acceptors (Lipinski definition) is 4. The van der Waals surface area contributed by atoms with Crippen LogP contribution in [-0.2, 0) is 0 Å². The van der Waals surface area contributed by atoms with E-state index in [1.807, 2.05) is 0 Å². The van der Waals surface area contributed by atoms with E-state index in [2.05, 4.69) is 10.3 Å². The Morgan fingerprint density at radius 1 is 1.35 bits per heavy atom. The number of anilines is 2. The van der Waals surface area contributed by atoms with Gasteiger partial charge in [0, 0.05) is 29.0 Å². The zero-order chi connectivity index (χ0) is 14.9. The minimum Gasteiger partial charge on any atom is -0.399 e. The number of hydrogen-bond donors (Lipinski definition) is 3. The molecule has 0 spiro atoms. The Balaban J connectivity index is 2.31. The van der Waals surface area contributed by atoms with Crippen molar-refractivity contribution in [2.75, 3.05) is 17.6 Å². The van der Waals surface area contributed by atoms with Crippen LogP contribution in [0.25, 0.3) is 10.9 Å². The highest BCUT2D eigenvalue weighted by Crippen LogP contribution is 2.26. The third kappa shape index (κ3) is 3.11. The summed E-state index contributed by atoms with van der Waals surface area (Å²) >= 11 is 0. The fourth-order valence-corrected chi connectivity index (χ4v) is 1.84. The third-order valence-corrected chi connectivity index (χ3v) is 2.82. The number of nitrogens with one attached hydrogen (secondary N) is 1. The fourth-order valence-electron chi connectivity index (χ4n) is 1.84. The summed E-state index contributed by atoms with van der Waals surface area (Å²) in [5.41, 5.74) is 7.91. The van der Waals surface area contributed by atoms with Gasteiger partial charge in [0.15, 0.2) is 6.10 Å². The van der Waals surface area contributed by atoms with Crippen LogP contribution in [0.15, 0.2) is 24.3 Å². The second-order valence-electron chi connectivity index (χ2n) is 4.53. The standard InChI is InChI=1S/C13H14F3N3O/c1-7-4-11(18-6-12(20)13(14,15)16)9-5-8(17)2-3-10(9)19-7/h2-5,12,20H,6,17H2,1H3,(H,18,19). The lowest BCUT2D eigenvalue weighted by atomic mass is 10.1. The van der Waals surface area contributed by atoms with E-state index in [0.29, 0.717) is 28.0 Å². The molecule has 1 aromatic heterocycles. The summed E-state index contributed by atoms with van der Waals surface area (Å²) in [7, 11) is 0. The third-order valence-electron chi connectivity index (χ3n) is 2.82. The molecule has 0 bridgehead atoms. The number of nitrogens with two attached hydrogens (primary N) is 1. The molecule has 108 valence electrons. The number of aromatic nitrogens is 1. The first-order chi connectivity index (χ1) is 9.27. The molecule has 20 heavy (non-hydrogen) atoms. The lowest BCUT2D eigenvalue weighted by Gasteiger charge is -2.17. The zero-order valence-electron chi connectivity index (χ0n) is 10.7. The van der Waals surface area contributed by atoms with Crippen LogP contribution in [0.4, 0.5) is 24.5 Å². The van der Waals surface area contributed by atoms with E-state index >= 15 is 0 Å². The molecule has 4 N–H and O–H groups in total. The van der Waals surface area contributed by atoms with E-state index in [-0.39, 0.29) is 0 Å². The number of halogens is 3. The van der Waals surface area contributed by atoms with Crippen molar-refractivity contribution in [1.29, 1.82) is 0 Å². The quantitative estimate of drug-likeness (QED) is 0.758. The van der Waals surface area contributed by atoms with Gasteiger partial charge in [0.1, 0.15) is 0 Å². The Hall–Kier alpha value is -2.02. The van der Waals surface area contributed by atoms with Crippen LogP contribution < -0.4 is 11.1 Å². The summed E-state index contributed by atoms with van der Waals surface area (Å²) in [5.74, 6) is 0. The number of nitrogens with zero attached hydrogens (tertiary/aromatic N) is 1. The minimum absolute atomic E-state index is 0.461. The molecule has 0 saturated heterocycles. The zero-order valence-corrected chi connectivity index (χ0v) is 10.7. The number of pyridine rings is 1. The molecule has 1 unspecified atom stereocenters. The molecule has 1 aromatic carbocycles. The summed E-state index contributed by atoms with van der Waals surface area (Å²) in [6, 6.07) is 6.61. The summed E-state index contributed by atoms with van der Waals surface area (Å²) in [6.07, 6.45) is -7.07. The smallest absolute Gasteiger partial charge is 0.399 e. The van der Waals surface area contributed by atoms with Gasteiger partial charge in [-0.05, 0) is 31.2 Å². The van der Waals surface area contributed by atoms with E-state index in [0.717, 1.165) is 0 Å². The van der Waals surface area contributed by atoms with Crippen LogP contribution >= 0.6 is 0 Å². The highest BCUT2D eigenvalue weighted by molar-refractivity contribution is 5.93. The fraction of sp³-hybridized carbons (Fsp3) is 0.308. The second kappa shape index (κ2) is 5.16. The first-order valence-corrected chi connectivity index (χ1v) is 5.93. The topological polar surface area (TPSA) is 71.2 Å². The van der Waals surface area contributed by atoms with E-state index in [9.17, 15) is 13.2 Å². The molecule has 2 rings (SSSR count). The normalized spacial score (nSPS) is 13.4. The van der Waals surface area contributed by atoms with Crippen LogP contribution in [-0.4, -0.2) is 28.9 Å². The van der Waals surface area contributed by atoms with Crippen LogP contribution in [0.2, 0.25) is 0 Å². The van der Waals surface area contributed by atoms with Crippen molar-refractivity contribution in [3.05, 3.63) is 30.0 Å². The van der Waals surface area contributed by atoms with Gasteiger partial charge in [-0.1, -0.05) is 0 Å². The van der Waals surface area contributed by atoms with E-state index < -0.39 is 18.8 Å². The molecule has 0 amide bonds. The Bertz CT molecular complexity index is 628. The van der Waals surface area contributed by atoms with Crippen molar-refractivity contribution in [3.63, 3.8) is 0 Å². The number of alkyl halides is 3. The Labute approximate surface area is 113 Å². The highest BCUT2D eigenvalue weighted by atomic mass is 19.4. The van der Waals surface area contributed by atoms with Crippen molar-refractivity contribution < 1.29 is 18.3 Å². The summed E-state index contributed by atoms with van der Waals surface area (Å²) in [5, 5.41) is 12.2. The molecule has 2 aromatic rings. The maximum Gasteiger partial charge on any atom is 0.416 e. The van der Waals surface area contributed by atoms with Crippen LogP contribution in [0, 0.1) is 6.92 Å². The number of aryl methyl sites for hydroxylation is 1. The van der Waals surface area contributed by atoms with Crippen molar-refractivity contribution in [2.45, 2.75) is 19.2 Å². The van der Waals surface area contributed by atoms with Crippen molar-refractivity contribution >= 4 is 22.3 Å². The molecule has 0 saturated carbocycles. The van der Waals surface area contributed by atoms with Gasteiger partial charge in [0.2, 0.25) is 0 Å². The van der Waals surface area contributed by atoms with Gasteiger partial charge in [-0.3, -0.25) is 4.98 Å². The maximum atomic E-state index is 12.3.